The fraction of sp³-hybridized carbons (Fsp3) is 0.429. The van der Waals surface area contributed by atoms with Gasteiger partial charge in [-0.3, -0.25) is 9.05 Å². The van der Waals surface area contributed by atoms with Gasteiger partial charge in [-0.1, -0.05) is 29.3 Å². The van der Waals surface area contributed by atoms with Crippen molar-refractivity contribution in [2.24, 2.45) is 0 Å². The van der Waals surface area contributed by atoms with E-state index in [1.807, 2.05) is 0 Å². The van der Waals surface area contributed by atoms with Crippen LogP contribution in [0.4, 0.5) is 0 Å². The maximum absolute atomic E-state index is 11.6. The van der Waals surface area contributed by atoms with Gasteiger partial charge in [-0.2, -0.15) is 0 Å². The third-order valence-electron chi connectivity index (χ3n) is 0.909. The Balaban J connectivity index is 4.30. The summed E-state index contributed by atoms with van der Waals surface area (Å²) in [5, 5.41) is 0. The Labute approximate surface area is 93.0 Å². The van der Waals surface area contributed by atoms with Crippen molar-refractivity contribution in [1.82, 2.24) is 0 Å². The minimum atomic E-state index is -3.61. The molecule has 0 amide bonds. The summed E-state index contributed by atoms with van der Waals surface area (Å²) in [5.74, 6) is 0. The molecule has 0 spiro atoms. The first-order valence-corrected chi connectivity index (χ1v) is 5.95. The smallest absolute Gasteiger partial charge is 0.409 e. The van der Waals surface area contributed by atoms with Gasteiger partial charge in [-0.05, 0) is 6.92 Å². The maximum Gasteiger partial charge on any atom is 0.529 e. The molecule has 0 N–H and O–H groups in total. The molecule has 0 aliphatic rings. The average Bonchev–Trinajstić information content (AvgIpc) is 2.13. The predicted octanol–water partition coefficient (Wildman–Crippen LogP) is 3.63. The monoisotopic (exact) mass is 260 g/mol. The van der Waals surface area contributed by atoms with Crippen molar-refractivity contribution >= 4 is 31.0 Å². The van der Waals surface area contributed by atoms with Crippen LogP contribution in [0.25, 0.3) is 0 Å². The molecule has 14 heavy (non-hydrogen) atoms. The van der Waals surface area contributed by atoms with E-state index in [1.165, 1.54) is 6.08 Å². The van der Waals surface area contributed by atoms with Crippen LogP contribution in [0.5, 0.6) is 0 Å². The van der Waals surface area contributed by atoms with E-state index in [1.54, 1.807) is 6.92 Å². The van der Waals surface area contributed by atoms with Crippen LogP contribution in [-0.2, 0) is 18.1 Å². The van der Waals surface area contributed by atoms with E-state index >= 15 is 0 Å². The molecular formula is C7H11Cl2O4P. The first-order valence-electron chi connectivity index (χ1n) is 3.73. The third-order valence-corrected chi connectivity index (χ3v) is 2.49. The summed E-state index contributed by atoms with van der Waals surface area (Å²) in [6.45, 7) is 5.28. The highest BCUT2D eigenvalue weighted by Crippen LogP contribution is 2.49. The standard InChI is InChI=1S/C7H11Cl2O4P/c1-3-5-12-14(10,11-4-2)13-6-7(8)9/h3,6H,1,4-5H2,2H3. The Morgan fingerprint density at radius 1 is 1.50 bits per heavy atom. The summed E-state index contributed by atoms with van der Waals surface area (Å²) in [6, 6.07) is 0. The molecule has 1 unspecified atom stereocenters. The first kappa shape index (κ1) is 14.0. The second-order valence-corrected chi connectivity index (χ2v) is 4.59. The zero-order valence-corrected chi connectivity index (χ0v) is 10.0. The molecule has 0 saturated carbocycles. The summed E-state index contributed by atoms with van der Waals surface area (Å²) in [7, 11) is -3.61. The quantitative estimate of drug-likeness (QED) is 0.398. The fourth-order valence-electron chi connectivity index (χ4n) is 0.505. The van der Waals surface area contributed by atoms with E-state index in [0.717, 1.165) is 6.26 Å². The van der Waals surface area contributed by atoms with E-state index in [2.05, 4.69) is 11.1 Å². The number of hydrogen-bond acceptors (Lipinski definition) is 4. The average molecular weight is 261 g/mol. The minimum Gasteiger partial charge on any atom is -0.409 e. The van der Waals surface area contributed by atoms with Gasteiger partial charge in [0.05, 0.1) is 13.2 Å². The number of phosphoric ester groups is 1. The molecule has 0 aliphatic heterocycles. The largest absolute Gasteiger partial charge is 0.529 e. The van der Waals surface area contributed by atoms with Gasteiger partial charge in [0.2, 0.25) is 0 Å². The molecule has 0 heterocycles. The molecule has 0 rings (SSSR count). The molecule has 1 atom stereocenters. The lowest BCUT2D eigenvalue weighted by Crippen LogP contribution is -1.97. The van der Waals surface area contributed by atoms with Gasteiger partial charge in [0.1, 0.15) is 10.8 Å². The van der Waals surface area contributed by atoms with Crippen LogP contribution in [0.3, 0.4) is 0 Å². The van der Waals surface area contributed by atoms with Crippen molar-refractivity contribution in [2.45, 2.75) is 6.92 Å². The fourth-order valence-corrected chi connectivity index (χ4v) is 1.75. The molecule has 0 bridgehead atoms. The van der Waals surface area contributed by atoms with E-state index in [-0.39, 0.29) is 17.7 Å². The highest BCUT2D eigenvalue weighted by Gasteiger charge is 2.25. The topological polar surface area (TPSA) is 44.8 Å². The first-order chi connectivity index (χ1) is 6.54. The van der Waals surface area contributed by atoms with Gasteiger partial charge in [-0.25, -0.2) is 4.57 Å². The van der Waals surface area contributed by atoms with Crippen LogP contribution in [0, 0.1) is 0 Å². The highest BCUT2D eigenvalue weighted by atomic mass is 35.5. The Hall–Kier alpha value is 0.01000. The Bertz CT molecular complexity index is 250. The van der Waals surface area contributed by atoms with Gasteiger partial charge in [0, 0.05) is 0 Å². The SMILES string of the molecule is C=CCOP(=O)(OC=C(Cl)Cl)OCC. The molecule has 0 aromatic heterocycles. The maximum atomic E-state index is 11.6. The number of hydrogen-bond donors (Lipinski definition) is 0. The van der Waals surface area contributed by atoms with E-state index in [0.29, 0.717) is 0 Å². The zero-order chi connectivity index (χ0) is 11.0. The van der Waals surface area contributed by atoms with Crippen LogP contribution < -0.4 is 0 Å². The molecule has 0 fully saturated rings. The molecule has 0 aromatic rings. The summed E-state index contributed by atoms with van der Waals surface area (Å²) >= 11 is 10.5. The molecule has 4 nitrogen and oxygen atoms in total. The predicted molar refractivity (Wildman–Crippen MR) is 56.3 cm³/mol. The number of rotatable bonds is 7. The lowest BCUT2D eigenvalue weighted by atomic mass is 10.7. The Morgan fingerprint density at radius 2 is 2.14 bits per heavy atom. The summed E-state index contributed by atoms with van der Waals surface area (Å²) in [4.78, 5) is 0. The van der Waals surface area contributed by atoms with Crippen LogP contribution in [-0.4, -0.2) is 13.2 Å². The van der Waals surface area contributed by atoms with Crippen LogP contribution in [0.1, 0.15) is 6.92 Å². The van der Waals surface area contributed by atoms with Gasteiger partial charge in [-0.15, -0.1) is 6.58 Å². The summed E-state index contributed by atoms with van der Waals surface area (Å²) in [5.41, 5.74) is 0. The normalized spacial score (nSPS) is 14.2. The van der Waals surface area contributed by atoms with Crippen LogP contribution >= 0.6 is 31.0 Å². The molecular weight excluding hydrogens is 250 g/mol. The lowest BCUT2D eigenvalue weighted by molar-refractivity contribution is 0.159. The van der Waals surface area contributed by atoms with Gasteiger partial charge in [0.25, 0.3) is 0 Å². The molecule has 0 aromatic carbocycles. The van der Waals surface area contributed by atoms with Gasteiger partial charge >= 0.3 is 7.82 Å². The number of phosphoric acid groups is 1. The van der Waals surface area contributed by atoms with Gasteiger partial charge in [0.15, 0.2) is 0 Å². The molecule has 0 aliphatic carbocycles. The van der Waals surface area contributed by atoms with Crippen molar-refractivity contribution in [3.05, 3.63) is 23.4 Å². The van der Waals surface area contributed by atoms with E-state index < -0.39 is 7.82 Å². The number of halogens is 2. The second-order valence-electron chi connectivity index (χ2n) is 1.96. The second kappa shape index (κ2) is 7.32. The zero-order valence-electron chi connectivity index (χ0n) is 7.61. The summed E-state index contributed by atoms with van der Waals surface area (Å²) < 4.78 is 25.7. The van der Waals surface area contributed by atoms with Crippen molar-refractivity contribution in [1.29, 1.82) is 0 Å². The van der Waals surface area contributed by atoms with Crippen molar-refractivity contribution in [2.75, 3.05) is 13.2 Å². The van der Waals surface area contributed by atoms with E-state index in [9.17, 15) is 4.57 Å². The minimum absolute atomic E-state index is 0.0466. The van der Waals surface area contributed by atoms with Crippen molar-refractivity contribution < 1.29 is 18.1 Å². The molecule has 7 heteroatoms. The lowest BCUT2D eigenvalue weighted by Gasteiger charge is -2.14. The highest BCUT2D eigenvalue weighted by molar-refractivity contribution is 7.48. The van der Waals surface area contributed by atoms with Crippen LogP contribution in [0.2, 0.25) is 0 Å². The van der Waals surface area contributed by atoms with Gasteiger partial charge < -0.3 is 4.52 Å². The van der Waals surface area contributed by atoms with Crippen molar-refractivity contribution in [3.63, 3.8) is 0 Å². The summed E-state index contributed by atoms with van der Waals surface area (Å²) in [6.07, 6.45) is 2.31. The molecule has 82 valence electrons. The molecule has 0 radical (unpaired) electrons. The van der Waals surface area contributed by atoms with Crippen LogP contribution in [0.15, 0.2) is 23.4 Å². The van der Waals surface area contributed by atoms with Crippen molar-refractivity contribution in [3.8, 4) is 0 Å². The molecule has 0 saturated heterocycles. The third kappa shape index (κ3) is 6.46. The Morgan fingerprint density at radius 3 is 2.57 bits per heavy atom. The Kier molecular flexibility index (Phi) is 7.33. The van der Waals surface area contributed by atoms with E-state index in [4.69, 9.17) is 32.2 Å².